The van der Waals surface area contributed by atoms with Gasteiger partial charge in [0, 0.05) is 55.8 Å². The first kappa shape index (κ1) is 47.5. The number of piperidine rings is 2. The lowest BCUT2D eigenvalue weighted by atomic mass is 9.80. The normalized spacial score (nSPS) is 15.0. The maximum atomic E-state index is 12.3. The van der Waals surface area contributed by atoms with Crippen LogP contribution in [-0.2, 0) is 39.9 Å². The van der Waals surface area contributed by atoms with Gasteiger partial charge in [-0.15, -0.1) is 22.7 Å². The molecule has 63 heavy (non-hydrogen) atoms. The first-order chi connectivity index (χ1) is 30.3. The predicted octanol–water partition coefficient (Wildman–Crippen LogP) is 12.1. The summed E-state index contributed by atoms with van der Waals surface area (Å²) in [5.41, 5.74) is 5.29. The topological polar surface area (TPSA) is 103 Å². The van der Waals surface area contributed by atoms with Crippen molar-refractivity contribution in [3.05, 3.63) is 128 Å². The first-order valence-electron chi connectivity index (χ1n) is 22.4. The van der Waals surface area contributed by atoms with Crippen LogP contribution in [0.4, 0.5) is 9.59 Å². The fourth-order valence-electron chi connectivity index (χ4n) is 7.72. The highest BCUT2D eigenvalue weighted by atomic mass is 32.1. The lowest BCUT2D eigenvalue weighted by Crippen LogP contribution is -2.39. The van der Waals surface area contributed by atoms with Crippen LogP contribution in [0, 0.1) is 11.8 Å². The van der Waals surface area contributed by atoms with Gasteiger partial charge >= 0.3 is 12.2 Å². The lowest BCUT2D eigenvalue weighted by Gasteiger charge is -2.31. The number of likely N-dealkylation sites (tertiary alicyclic amines) is 2. The van der Waals surface area contributed by atoms with Crippen LogP contribution in [0.2, 0.25) is 0 Å². The Hall–Kier alpha value is -4.94. The standard InChI is InChI=1S/C26H38N2O3S.C25H28N2O3S/c1-25(2,3)20-15-21(26(4,5)6)17-22(16-20)30-13-9-19-7-11-28(12-8-19)24(29)31-18-23-27-10-14-32-23;28-25(30-19-24-26-13-17-31-24)27-14-10-20(11-15-27)12-16-29-23-9-5-4-8-22(23)18-21-6-2-1-3-7-21/h10,14-17,19H,7-9,11-13,18H2,1-6H3;1-9,13,17,20H,10-12,14-16,18-19H2. The third kappa shape index (κ3) is 15.4. The van der Waals surface area contributed by atoms with E-state index in [-0.39, 0.29) is 36.2 Å². The highest BCUT2D eigenvalue weighted by molar-refractivity contribution is 7.09. The molecule has 3 aromatic carbocycles. The van der Waals surface area contributed by atoms with Gasteiger partial charge in [0.2, 0.25) is 0 Å². The molecule has 0 unspecified atom stereocenters. The average Bonchev–Trinajstić information content (AvgIpc) is 4.01. The molecule has 0 atom stereocenters. The van der Waals surface area contributed by atoms with Crippen LogP contribution in [0.5, 0.6) is 11.5 Å². The van der Waals surface area contributed by atoms with E-state index in [0.29, 0.717) is 25.0 Å². The van der Waals surface area contributed by atoms with E-state index in [0.717, 1.165) is 92.6 Å². The van der Waals surface area contributed by atoms with Gasteiger partial charge in [-0.05, 0) is 102 Å². The summed E-state index contributed by atoms with van der Waals surface area (Å²) in [5.74, 6) is 3.08. The van der Waals surface area contributed by atoms with Gasteiger partial charge in [0.05, 0.1) is 13.2 Å². The van der Waals surface area contributed by atoms with Crippen molar-refractivity contribution in [2.24, 2.45) is 11.8 Å². The number of benzene rings is 3. The number of ether oxygens (including phenoxy) is 4. The van der Waals surface area contributed by atoms with Crippen molar-refractivity contribution in [2.75, 3.05) is 39.4 Å². The Labute approximate surface area is 383 Å². The van der Waals surface area contributed by atoms with Gasteiger partial charge in [0.1, 0.15) is 34.7 Å². The van der Waals surface area contributed by atoms with Gasteiger partial charge in [-0.2, -0.15) is 0 Å². The van der Waals surface area contributed by atoms with E-state index in [1.54, 1.807) is 17.3 Å². The molecule has 2 aliphatic heterocycles. The van der Waals surface area contributed by atoms with Gasteiger partial charge < -0.3 is 28.7 Å². The van der Waals surface area contributed by atoms with Crippen molar-refractivity contribution >= 4 is 34.9 Å². The zero-order valence-corrected chi connectivity index (χ0v) is 39.7. The van der Waals surface area contributed by atoms with E-state index in [2.05, 4.69) is 112 Å². The Kier molecular flexibility index (Phi) is 17.4. The molecule has 5 aromatic rings. The fraction of sp³-hybridized carbons (Fsp3) is 0.490. The molecule has 0 saturated carbocycles. The molecule has 2 aliphatic rings. The second-order valence-electron chi connectivity index (χ2n) is 18.6. The summed E-state index contributed by atoms with van der Waals surface area (Å²) in [4.78, 5) is 36.4. The van der Waals surface area contributed by atoms with Gasteiger partial charge in [-0.1, -0.05) is 96.1 Å². The second kappa shape index (κ2) is 23.1. The summed E-state index contributed by atoms with van der Waals surface area (Å²) < 4.78 is 23.1. The summed E-state index contributed by atoms with van der Waals surface area (Å²) >= 11 is 3.00. The van der Waals surface area contributed by atoms with E-state index >= 15 is 0 Å². The molecule has 4 heterocycles. The Balaban J connectivity index is 0.000000210. The van der Waals surface area contributed by atoms with Crippen LogP contribution < -0.4 is 9.47 Å². The SMILES string of the molecule is CC(C)(C)c1cc(OCCC2CCN(C(=O)OCc3nccs3)CC2)cc(C(C)(C)C)c1.O=C(OCc1nccs1)N1CCC(CCOc2ccccc2Cc2ccccc2)CC1. The monoisotopic (exact) mass is 894 g/mol. The van der Waals surface area contributed by atoms with Gasteiger partial charge in [-0.25, -0.2) is 19.6 Å². The number of aromatic nitrogens is 2. The fourth-order valence-corrected chi connectivity index (χ4v) is 8.78. The van der Waals surface area contributed by atoms with E-state index in [1.165, 1.54) is 44.9 Å². The van der Waals surface area contributed by atoms with Crippen molar-refractivity contribution in [3.8, 4) is 11.5 Å². The van der Waals surface area contributed by atoms with Crippen molar-refractivity contribution in [1.82, 2.24) is 19.8 Å². The number of nitrogens with zero attached hydrogens (tertiary/aromatic N) is 4. The van der Waals surface area contributed by atoms with Gasteiger partial charge in [0.25, 0.3) is 0 Å². The van der Waals surface area contributed by atoms with Crippen LogP contribution in [0.1, 0.15) is 112 Å². The number of carbonyl (C=O) groups is 2. The maximum Gasteiger partial charge on any atom is 0.410 e. The van der Waals surface area contributed by atoms with Crippen LogP contribution in [0.25, 0.3) is 0 Å². The van der Waals surface area contributed by atoms with Crippen molar-refractivity contribution < 1.29 is 28.5 Å². The average molecular weight is 895 g/mol. The molecule has 10 nitrogen and oxygen atoms in total. The van der Waals surface area contributed by atoms with E-state index in [1.807, 2.05) is 27.8 Å². The Bertz CT molecular complexity index is 2080. The minimum Gasteiger partial charge on any atom is -0.494 e. The number of amides is 2. The number of thiazole rings is 2. The third-order valence-corrected chi connectivity index (χ3v) is 13.3. The van der Waals surface area contributed by atoms with E-state index in [9.17, 15) is 9.59 Å². The molecular weight excluding hydrogens is 829 g/mol. The molecule has 2 aromatic heterocycles. The summed E-state index contributed by atoms with van der Waals surface area (Å²) in [5, 5.41) is 5.43. The number of hydrogen-bond donors (Lipinski definition) is 0. The molecular formula is C51H66N4O6S2. The number of hydrogen-bond acceptors (Lipinski definition) is 10. The molecule has 338 valence electrons. The second-order valence-corrected chi connectivity index (χ2v) is 20.6. The molecule has 0 radical (unpaired) electrons. The van der Waals surface area contributed by atoms with Crippen LogP contribution in [-0.4, -0.2) is 71.3 Å². The Morgan fingerprint density at radius 1 is 0.635 bits per heavy atom. The number of para-hydroxylation sites is 1. The molecule has 0 bridgehead atoms. The third-order valence-electron chi connectivity index (χ3n) is 11.8. The summed E-state index contributed by atoms with van der Waals surface area (Å²) in [6, 6.07) is 25.4. The Morgan fingerprint density at radius 3 is 1.59 bits per heavy atom. The zero-order chi connectivity index (χ0) is 44.7. The predicted molar refractivity (Wildman–Crippen MR) is 253 cm³/mol. The molecule has 0 N–H and O–H groups in total. The molecule has 0 aliphatic carbocycles. The van der Waals surface area contributed by atoms with E-state index in [4.69, 9.17) is 18.9 Å². The smallest absolute Gasteiger partial charge is 0.410 e. The molecule has 2 amide bonds. The number of carbonyl (C=O) groups excluding carboxylic acids is 2. The highest BCUT2D eigenvalue weighted by Gasteiger charge is 2.26. The van der Waals surface area contributed by atoms with Crippen LogP contribution >= 0.6 is 22.7 Å². The summed E-state index contributed by atoms with van der Waals surface area (Å²) in [6.45, 7) is 18.4. The largest absolute Gasteiger partial charge is 0.494 e. The minimum absolute atomic E-state index is 0.0837. The quantitative estimate of drug-likeness (QED) is 0.109. The zero-order valence-electron chi connectivity index (χ0n) is 38.1. The Morgan fingerprint density at radius 2 is 1.11 bits per heavy atom. The van der Waals surface area contributed by atoms with Crippen LogP contribution in [0.15, 0.2) is 96.0 Å². The van der Waals surface area contributed by atoms with Crippen molar-refractivity contribution in [2.45, 2.75) is 111 Å². The highest BCUT2D eigenvalue weighted by Crippen LogP contribution is 2.33. The van der Waals surface area contributed by atoms with Crippen molar-refractivity contribution in [3.63, 3.8) is 0 Å². The van der Waals surface area contributed by atoms with E-state index < -0.39 is 0 Å². The van der Waals surface area contributed by atoms with Gasteiger partial charge in [0.15, 0.2) is 0 Å². The van der Waals surface area contributed by atoms with Gasteiger partial charge in [-0.3, -0.25) is 0 Å². The summed E-state index contributed by atoms with van der Waals surface area (Å²) in [7, 11) is 0. The first-order valence-corrected chi connectivity index (χ1v) is 24.2. The maximum absolute atomic E-state index is 12.3. The summed E-state index contributed by atoms with van der Waals surface area (Å²) in [6.07, 6.45) is 9.82. The molecule has 2 fully saturated rings. The van der Waals surface area contributed by atoms with Crippen LogP contribution in [0.3, 0.4) is 0 Å². The number of rotatable bonds is 14. The minimum atomic E-state index is -0.236. The molecule has 2 saturated heterocycles. The molecule has 7 rings (SSSR count). The lowest BCUT2D eigenvalue weighted by molar-refractivity contribution is 0.0792. The molecule has 0 spiro atoms. The molecule has 12 heteroatoms. The van der Waals surface area contributed by atoms with Crippen molar-refractivity contribution in [1.29, 1.82) is 0 Å².